The molecule has 3 nitrogen and oxygen atoms in total. The van der Waals surface area contributed by atoms with Crippen molar-refractivity contribution in [2.24, 2.45) is 56.7 Å². The van der Waals surface area contributed by atoms with Gasteiger partial charge in [0.15, 0.2) is 0 Å². The van der Waals surface area contributed by atoms with E-state index in [9.17, 15) is 9.59 Å². The number of carbonyl (C=O) groups is 2. The molecule has 0 spiro atoms. The molecule has 0 unspecified atom stereocenters. The number of fused-ring (bicyclic) bond motifs is 7. The summed E-state index contributed by atoms with van der Waals surface area (Å²) in [7, 11) is 0. The van der Waals surface area contributed by atoms with Gasteiger partial charge in [0.2, 0.25) is 0 Å². The molecule has 0 heterocycles. The number of hydrogen-bond acceptors (Lipinski definition) is 3. The average molecular weight is 483 g/mol. The number of Topliss-reactive ketones (excluding diaryl/α,β-unsaturated/α-hetero) is 1. The molecule has 0 bridgehead atoms. The zero-order valence-electron chi connectivity index (χ0n) is 23.6. The normalized spacial score (nSPS) is 50.4. The third-order valence-electron chi connectivity index (χ3n) is 13.5. The van der Waals surface area contributed by atoms with E-state index in [0.717, 1.165) is 12.8 Å². The van der Waals surface area contributed by atoms with Crippen LogP contribution in [0.15, 0.2) is 12.2 Å². The van der Waals surface area contributed by atoms with Gasteiger partial charge in [-0.1, -0.05) is 46.8 Å². The van der Waals surface area contributed by atoms with E-state index in [1.54, 1.807) is 6.92 Å². The minimum atomic E-state index is -0.186. The van der Waals surface area contributed by atoms with Gasteiger partial charge in [-0.2, -0.15) is 0 Å². The summed E-state index contributed by atoms with van der Waals surface area (Å²) in [6.45, 7) is 21.2. The maximum atomic E-state index is 13.0. The van der Waals surface area contributed by atoms with E-state index >= 15 is 0 Å². The number of rotatable bonds is 3. The Hall–Kier alpha value is -1.12. The van der Waals surface area contributed by atoms with Crippen molar-refractivity contribution in [3.63, 3.8) is 0 Å². The molecule has 5 saturated carbocycles. The Morgan fingerprint density at radius 2 is 1.60 bits per heavy atom. The number of ketones is 1. The Morgan fingerprint density at radius 3 is 2.26 bits per heavy atom. The third-order valence-corrected chi connectivity index (χ3v) is 13.5. The fourth-order valence-electron chi connectivity index (χ4n) is 11.6. The highest BCUT2D eigenvalue weighted by atomic mass is 16.5. The molecule has 3 heteroatoms. The Bertz CT molecular complexity index is 933. The van der Waals surface area contributed by atoms with E-state index in [4.69, 9.17) is 4.74 Å². The fourth-order valence-corrected chi connectivity index (χ4v) is 11.6. The van der Waals surface area contributed by atoms with E-state index in [2.05, 4.69) is 48.1 Å². The van der Waals surface area contributed by atoms with E-state index in [0.29, 0.717) is 47.4 Å². The van der Waals surface area contributed by atoms with Gasteiger partial charge in [-0.3, -0.25) is 9.59 Å². The Morgan fingerprint density at radius 1 is 0.886 bits per heavy atom. The molecule has 0 aromatic heterocycles. The SMILES string of the molecule is C=C(C)[C@@H]1CC[C@]2(COC(C)=O)CC[C@]3(C)[C@@H](CC[C@@H]4[C@]5(C)CCC(=O)C(C)(C)[C@@H]5CC[C@@]43C)[C@H]12. The molecule has 0 aliphatic heterocycles. The van der Waals surface area contributed by atoms with Gasteiger partial charge >= 0.3 is 5.97 Å². The van der Waals surface area contributed by atoms with Crippen LogP contribution in [0.1, 0.15) is 113 Å². The minimum absolute atomic E-state index is 0.128. The molecule has 0 aromatic carbocycles. The molecule has 5 aliphatic carbocycles. The van der Waals surface area contributed by atoms with Crippen LogP contribution in [0.5, 0.6) is 0 Å². The molecular formula is C32H50O3. The van der Waals surface area contributed by atoms with Crippen LogP contribution in [0.2, 0.25) is 0 Å². The molecule has 5 aliphatic rings. The molecule has 35 heavy (non-hydrogen) atoms. The highest BCUT2D eigenvalue weighted by molar-refractivity contribution is 5.85. The molecule has 0 N–H and O–H groups in total. The number of esters is 1. The standard InChI is InChI=1S/C32H50O3/c1-20(2)22-11-16-32(19-35-21(3)33)18-17-30(7)23(27(22)32)9-10-25-29(6)14-13-26(34)28(4,5)24(29)12-15-31(25,30)8/h22-25,27H,1,9-19H2,2-8H3/t22-,23-,24-,25+,27-,29+,30+,31-,32+/m0/s1. The van der Waals surface area contributed by atoms with Gasteiger partial charge in [0.25, 0.3) is 0 Å². The molecule has 0 radical (unpaired) electrons. The van der Waals surface area contributed by atoms with E-state index in [1.165, 1.54) is 56.9 Å². The van der Waals surface area contributed by atoms with E-state index in [1.807, 2.05) is 0 Å². The summed E-state index contributed by atoms with van der Waals surface area (Å²) in [5.74, 6) is 3.34. The van der Waals surface area contributed by atoms with Crippen LogP contribution in [-0.4, -0.2) is 18.4 Å². The van der Waals surface area contributed by atoms with Crippen molar-refractivity contribution >= 4 is 11.8 Å². The van der Waals surface area contributed by atoms with Crippen molar-refractivity contribution in [3.05, 3.63) is 12.2 Å². The van der Waals surface area contributed by atoms with Gasteiger partial charge in [0, 0.05) is 24.2 Å². The van der Waals surface area contributed by atoms with Crippen molar-refractivity contribution in [2.45, 2.75) is 113 Å². The van der Waals surface area contributed by atoms with Gasteiger partial charge < -0.3 is 4.74 Å². The van der Waals surface area contributed by atoms with Crippen LogP contribution in [0, 0.1) is 56.7 Å². The summed E-state index contributed by atoms with van der Waals surface area (Å²) >= 11 is 0. The van der Waals surface area contributed by atoms with Crippen LogP contribution < -0.4 is 0 Å². The van der Waals surface area contributed by atoms with Gasteiger partial charge in [-0.25, -0.2) is 0 Å². The summed E-state index contributed by atoms with van der Waals surface area (Å²) in [4.78, 5) is 24.8. The quantitative estimate of drug-likeness (QED) is 0.305. The maximum Gasteiger partial charge on any atom is 0.302 e. The molecule has 0 amide bonds. The molecule has 196 valence electrons. The summed E-state index contributed by atoms with van der Waals surface area (Å²) in [6, 6.07) is 0. The van der Waals surface area contributed by atoms with E-state index in [-0.39, 0.29) is 27.6 Å². The fraction of sp³-hybridized carbons (Fsp3) is 0.875. The van der Waals surface area contributed by atoms with Gasteiger partial charge in [0.05, 0.1) is 6.61 Å². The van der Waals surface area contributed by atoms with Crippen molar-refractivity contribution in [2.75, 3.05) is 6.61 Å². The maximum absolute atomic E-state index is 13.0. The molecule has 5 fully saturated rings. The summed E-state index contributed by atoms with van der Waals surface area (Å²) < 4.78 is 5.78. The lowest BCUT2D eigenvalue weighted by Crippen LogP contribution is -2.66. The van der Waals surface area contributed by atoms with Crippen LogP contribution in [0.4, 0.5) is 0 Å². The number of allylic oxidation sites excluding steroid dienone is 1. The monoisotopic (exact) mass is 482 g/mol. The Labute approximate surface area is 214 Å². The first-order valence-corrected chi connectivity index (χ1v) is 14.5. The van der Waals surface area contributed by atoms with Crippen molar-refractivity contribution < 1.29 is 14.3 Å². The van der Waals surface area contributed by atoms with E-state index < -0.39 is 0 Å². The smallest absolute Gasteiger partial charge is 0.302 e. The van der Waals surface area contributed by atoms with Crippen molar-refractivity contribution in [1.29, 1.82) is 0 Å². The molecule has 0 aromatic rings. The molecular weight excluding hydrogens is 432 g/mol. The molecule has 9 atom stereocenters. The zero-order chi connectivity index (χ0) is 25.6. The number of hydrogen-bond donors (Lipinski definition) is 0. The zero-order valence-corrected chi connectivity index (χ0v) is 23.6. The number of carbonyl (C=O) groups excluding carboxylic acids is 2. The first-order chi connectivity index (χ1) is 16.2. The van der Waals surface area contributed by atoms with Crippen molar-refractivity contribution in [1.82, 2.24) is 0 Å². The molecule has 5 rings (SSSR count). The number of ether oxygens (including phenoxy) is 1. The highest BCUT2D eigenvalue weighted by Crippen LogP contribution is 2.77. The van der Waals surface area contributed by atoms with Gasteiger partial charge in [-0.15, -0.1) is 0 Å². The lowest BCUT2D eigenvalue weighted by atomic mass is 9.32. The first kappa shape index (κ1) is 25.5. The van der Waals surface area contributed by atoms with Crippen LogP contribution >= 0.6 is 0 Å². The van der Waals surface area contributed by atoms with Crippen LogP contribution in [0.25, 0.3) is 0 Å². The van der Waals surface area contributed by atoms with Crippen LogP contribution in [-0.2, 0) is 14.3 Å². The lowest BCUT2D eigenvalue weighted by molar-refractivity contribution is -0.237. The third kappa shape index (κ3) is 3.27. The average Bonchev–Trinajstić information content (AvgIpc) is 3.16. The summed E-state index contributed by atoms with van der Waals surface area (Å²) in [5, 5.41) is 0. The lowest BCUT2D eigenvalue weighted by Gasteiger charge is -2.72. The van der Waals surface area contributed by atoms with Gasteiger partial charge in [0.1, 0.15) is 5.78 Å². The Balaban J connectivity index is 1.53. The molecule has 0 saturated heterocycles. The highest BCUT2D eigenvalue weighted by Gasteiger charge is 2.71. The largest absolute Gasteiger partial charge is 0.465 e. The minimum Gasteiger partial charge on any atom is -0.465 e. The summed E-state index contributed by atoms with van der Waals surface area (Å²) in [6.07, 6.45) is 11.6. The second-order valence-corrected chi connectivity index (χ2v) is 15.0. The Kier molecular flexibility index (Phi) is 5.79. The summed E-state index contributed by atoms with van der Waals surface area (Å²) in [5.41, 5.74) is 2.12. The second kappa shape index (κ2) is 7.94. The van der Waals surface area contributed by atoms with Gasteiger partial charge in [-0.05, 0) is 111 Å². The van der Waals surface area contributed by atoms with Crippen LogP contribution in [0.3, 0.4) is 0 Å². The second-order valence-electron chi connectivity index (χ2n) is 15.0. The topological polar surface area (TPSA) is 43.4 Å². The predicted octanol–water partition coefficient (Wildman–Crippen LogP) is 7.78. The van der Waals surface area contributed by atoms with Crippen molar-refractivity contribution in [3.8, 4) is 0 Å². The predicted molar refractivity (Wildman–Crippen MR) is 141 cm³/mol. The first-order valence-electron chi connectivity index (χ1n) is 14.5.